The third-order valence-electron chi connectivity index (χ3n) is 11.8. The van der Waals surface area contributed by atoms with Crippen LogP contribution in [0.4, 0.5) is 5.69 Å². The first-order valence-corrected chi connectivity index (χ1v) is 20.4. The maximum absolute atomic E-state index is 6.55. The number of benzene rings is 4. The van der Waals surface area contributed by atoms with Crippen LogP contribution in [0.3, 0.4) is 0 Å². The molecule has 2 nitrogen and oxygen atoms in total. The van der Waals surface area contributed by atoms with Crippen LogP contribution in [0.25, 0.3) is 49.8 Å². The summed E-state index contributed by atoms with van der Waals surface area (Å²) < 4.78 is 6.55. The van der Waals surface area contributed by atoms with Crippen LogP contribution in [-0.4, -0.2) is 5.54 Å². The van der Waals surface area contributed by atoms with E-state index in [-0.39, 0.29) is 11.0 Å². The van der Waals surface area contributed by atoms with Crippen molar-refractivity contribution in [3.05, 3.63) is 167 Å². The number of rotatable bonds is 9. The molecular weight excluding hydrogens is 667 g/mol. The normalized spacial score (nSPS) is 18.7. The molecule has 2 heteroatoms. The van der Waals surface area contributed by atoms with E-state index in [4.69, 9.17) is 4.42 Å². The molecule has 1 aromatic heterocycles. The summed E-state index contributed by atoms with van der Waals surface area (Å²) in [4.78, 5) is 0. The molecule has 0 fully saturated rings. The summed E-state index contributed by atoms with van der Waals surface area (Å²) >= 11 is 0. The van der Waals surface area contributed by atoms with Crippen LogP contribution >= 0.6 is 0 Å². The predicted molar refractivity (Wildman–Crippen MR) is 241 cm³/mol. The summed E-state index contributed by atoms with van der Waals surface area (Å²) in [5.74, 6) is 0. The Bertz CT molecular complexity index is 2480. The molecule has 0 aliphatic heterocycles. The smallest absolute Gasteiger partial charge is 0.145 e. The summed E-state index contributed by atoms with van der Waals surface area (Å²) in [5.41, 5.74) is 18.1. The molecule has 0 saturated carbocycles. The largest absolute Gasteiger partial charge is 0.455 e. The number of allylic oxidation sites excluding steroid dienone is 11. The lowest BCUT2D eigenvalue weighted by atomic mass is 9.76. The van der Waals surface area contributed by atoms with Crippen molar-refractivity contribution in [2.45, 2.75) is 98.4 Å². The Morgan fingerprint density at radius 3 is 2.51 bits per heavy atom. The highest BCUT2D eigenvalue weighted by Gasteiger charge is 2.42. The van der Waals surface area contributed by atoms with Gasteiger partial charge in [-0.3, -0.25) is 0 Å². The lowest BCUT2D eigenvalue weighted by Gasteiger charge is -2.35. The first kappa shape index (κ1) is 38.0. The summed E-state index contributed by atoms with van der Waals surface area (Å²) in [7, 11) is 0. The first-order chi connectivity index (χ1) is 26.6. The molecule has 0 bridgehead atoms. The molecule has 3 aliphatic carbocycles. The van der Waals surface area contributed by atoms with Gasteiger partial charge in [-0.2, -0.15) is 0 Å². The summed E-state index contributed by atoms with van der Waals surface area (Å²) in [5, 5.41) is 6.23. The van der Waals surface area contributed by atoms with Crippen LogP contribution in [0.5, 0.6) is 0 Å². The molecule has 280 valence electrons. The molecule has 8 rings (SSSR count). The second kappa shape index (κ2) is 15.4. The van der Waals surface area contributed by atoms with Crippen LogP contribution < -0.4 is 5.32 Å². The minimum atomic E-state index is -0.314. The van der Waals surface area contributed by atoms with Crippen LogP contribution in [0.1, 0.15) is 108 Å². The third-order valence-corrected chi connectivity index (χ3v) is 11.8. The Balaban J connectivity index is 0.00000229. The minimum Gasteiger partial charge on any atom is -0.455 e. The van der Waals surface area contributed by atoms with Crippen molar-refractivity contribution in [3.8, 4) is 11.1 Å². The number of hydrogen-bond acceptors (Lipinski definition) is 2. The molecule has 3 aliphatic rings. The predicted octanol–water partition coefficient (Wildman–Crippen LogP) is 15.5. The second-order valence-electron chi connectivity index (χ2n) is 15.9. The van der Waals surface area contributed by atoms with Gasteiger partial charge in [-0.05, 0) is 126 Å². The van der Waals surface area contributed by atoms with E-state index < -0.39 is 0 Å². The Morgan fingerprint density at radius 1 is 0.909 bits per heavy atom. The van der Waals surface area contributed by atoms with E-state index in [2.05, 4.69) is 138 Å². The summed E-state index contributed by atoms with van der Waals surface area (Å²) in [6, 6.07) is 26.7. The average Bonchev–Trinajstić information content (AvgIpc) is 3.67. The van der Waals surface area contributed by atoms with Gasteiger partial charge in [-0.15, -0.1) is 0 Å². The Hall–Kier alpha value is -5.34. The second-order valence-corrected chi connectivity index (χ2v) is 15.9. The number of nitrogens with one attached hydrogen (secondary N) is 1. The molecule has 4 aromatic carbocycles. The van der Waals surface area contributed by atoms with Gasteiger partial charge < -0.3 is 9.73 Å². The van der Waals surface area contributed by atoms with Gasteiger partial charge in [0.1, 0.15) is 11.2 Å². The van der Waals surface area contributed by atoms with Gasteiger partial charge in [0.05, 0.1) is 5.54 Å². The minimum absolute atomic E-state index is 0.153. The topological polar surface area (TPSA) is 25.2 Å². The standard InChI is InChI=1S/C51H51NO.C2H6/c1-8-10-11-18-33(3)48-46(28-27-43-42-21-14-15-24-47(42)53-49(43)48)52-51(7)30-29-41-40-26-25-36(31-44(40)50(5,6)45(41)32-51)37-22-16-23-38(34(37)4)39-20-13-12-19-35(39)17-9-2;1-2/h8,10-11,13-16,18,20-29,31-32,52H,3,9,12,17,19,30H2,1-2,4-7H3;1-2H3/b10-8-,18-11-;. The molecule has 5 aromatic rings. The summed E-state index contributed by atoms with van der Waals surface area (Å²) in [6.45, 7) is 22.3. The van der Waals surface area contributed by atoms with Gasteiger partial charge in [0.25, 0.3) is 0 Å². The van der Waals surface area contributed by atoms with E-state index in [0.717, 1.165) is 51.6 Å². The Kier molecular flexibility index (Phi) is 10.6. The molecule has 0 saturated heterocycles. The van der Waals surface area contributed by atoms with E-state index in [0.29, 0.717) is 0 Å². The zero-order valence-corrected chi connectivity index (χ0v) is 34.2. The van der Waals surface area contributed by atoms with Gasteiger partial charge in [0.2, 0.25) is 0 Å². The highest BCUT2D eigenvalue weighted by atomic mass is 16.3. The highest BCUT2D eigenvalue weighted by Crippen LogP contribution is 2.54. The number of fused-ring (bicyclic) bond motifs is 6. The molecular formula is C53H57NO. The van der Waals surface area contributed by atoms with Crippen molar-refractivity contribution < 1.29 is 4.42 Å². The lowest BCUT2D eigenvalue weighted by Crippen LogP contribution is -2.35. The van der Waals surface area contributed by atoms with Crippen molar-refractivity contribution in [1.82, 2.24) is 0 Å². The van der Waals surface area contributed by atoms with Gasteiger partial charge in [0, 0.05) is 27.4 Å². The SMILES string of the molecule is C=C(/C=C\C=C/C)c1c(NC2(C)C=C3C(=CC2)c2ccc(-c4cccc(C5=C(CCC)CCC=C5)c4C)cc2C3(C)C)ccc2c1oc1ccccc12.CC. The van der Waals surface area contributed by atoms with E-state index in [1.54, 1.807) is 5.57 Å². The van der Waals surface area contributed by atoms with Crippen molar-refractivity contribution in [3.63, 3.8) is 0 Å². The Morgan fingerprint density at radius 2 is 1.71 bits per heavy atom. The molecule has 0 spiro atoms. The van der Waals surface area contributed by atoms with Crippen LogP contribution in [0, 0.1) is 6.92 Å². The van der Waals surface area contributed by atoms with E-state index in [1.807, 2.05) is 51.1 Å². The molecule has 0 radical (unpaired) electrons. The van der Waals surface area contributed by atoms with Crippen LogP contribution in [-0.2, 0) is 5.41 Å². The summed E-state index contributed by atoms with van der Waals surface area (Å²) in [6.07, 6.45) is 23.4. The van der Waals surface area contributed by atoms with Crippen molar-refractivity contribution >= 4 is 44.3 Å². The van der Waals surface area contributed by atoms with E-state index in [1.165, 1.54) is 69.4 Å². The monoisotopic (exact) mass is 723 g/mol. The van der Waals surface area contributed by atoms with Crippen molar-refractivity contribution in [1.29, 1.82) is 0 Å². The van der Waals surface area contributed by atoms with Crippen molar-refractivity contribution in [2.75, 3.05) is 5.32 Å². The fourth-order valence-corrected chi connectivity index (χ4v) is 9.03. The number of furan rings is 1. The van der Waals surface area contributed by atoms with Crippen LogP contribution in [0.15, 0.2) is 144 Å². The molecule has 1 heterocycles. The highest BCUT2D eigenvalue weighted by molar-refractivity contribution is 6.11. The van der Waals surface area contributed by atoms with Crippen LogP contribution in [0.2, 0.25) is 0 Å². The number of para-hydroxylation sites is 1. The maximum atomic E-state index is 6.55. The zero-order valence-electron chi connectivity index (χ0n) is 34.2. The molecule has 1 N–H and O–H groups in total. The van der Waals surface area contributed by atoms with E-state index in [9.17, 15) is 0 Å². The van der Waals surface area contributed by atoms with Gasteiger partial charge in [-0.25, -0.2) is 0 Å². The zero-order chi connectivity index (χ0) is 38.9. The molecule has 0 amide bonds. The first-order valence-electron chi connectivity index (χ1n) is 20.4. The molecule has 55 heavy (non-hydrogen) atoms. The molecule has 1 atom stereocenters. The third kappa shape index (κ3) is 6.82. The van der Waals surface area contributed by atoms with E-state index >= 15 is 0 Å². The van der Waals surface area contributed by atoms with Gasteiger partial charge >= 0.3 is 0 Å². The fourth-order valence-electron chi connectivity index (χ4n) is 9.03. The fraction of sp³-hybridized carbons (Fsp3) is 0.283. The van der Waals surface area contributed by atoms with Crippen molar-refractivity contribution in [2.24, 2.45) is 0 Å². The Labute approximate surface area is 329 Å². The van der Waals surface area contributed by atoms with Gasteiger partial charge in [-0.1, -0.05) is 150 Å². The number of hydrogen-bond donors (Lipinski definition) is 1. The maximum Gasteiger partial charge on any atom is 0.145 e. The quantitative estimate of drug-likeness (QED) is 0.153. The lowest BCUT2D eigenvalue weighted by molar-refractivity contribution is 0.599. The molecule has 1 unspecified atom stereocenters. The average molecular weight is 724 g/mol. The van der Waals surface area contributed by atoms with Gasteiger partial charge in [0.15, 0.2) is 0 Å². The number of anilines is 1.